The number of carbonyl (C=O) groups is 1. The van der Waals surface area contributed by atoms with E-state index in [1.807, 2.05) is 0 Å². The summed E-state index contributed by atoms with van der Waals surface area (Å²) in [4.78, 5) is 26.5. The lowest BCUT2D eigenvalue weighted by Crippen LogP contribution is -2.33. The van der Waals surface area contributed by atoms with Gasteiger partial charge in [0, 0.05) is 36.4 Å². The number of fused-ring (bicyclic) bond motifs is 1. The molecule has 1 aliphatic heterocycles. The number of carboxylic acids is 1. The van der Waals surface area contributed by atoms with E-state index in [1.54, 1.807) is 0 Å². The normalized spacial score (nSPS) is 14.5. The molecule has 0 saturated carbocycles. The molecule has 0 spiro atoms. The number of halogens is 2. The molecule has 35 heavy (non-hydrogen) atoms. The van der Waals surface area contributed by atoms with E-state index in [0.717, 1.165) is 37.6 Å². The van der Waals surface area contributed by atoms with E-state index in [9.17, 15) is 13.6 Å². The predicted molar refractivity (Wildman–Crippen MR) is 124 cm³/mol. The third-order valence-corrected chi connectivity index (χ3v) is 6.29. The minimum Gasteiger partial charge on any atom is -0.478 e. The molecule has 0 bridgehead atoms. The molecule has 8 nitrogen and oxygen atoms in total. The van der Waals surface area contributed by atoms with Gasteiger partial charge in [0.1, 0.15) is 23.8 Å². The molecule has 10 heteroatoms. The van der Waals surface area contributed by atoms with Crippen molar-refractivity contribution in [2.75, 3.05) is 18.0 Å². The highest BCUT2D eigenvalue weighted by Crippen LogP contribution is 2.36. The molecule has 0 radical (unpaired) electrons. The Kier molecular flexibility index (Phi) is 6.10. The summed E-state index contributed by atoms with van der Waals surface area (Å²) in [5.41, 5.74) is 0.709. The Bertz CT molecular complexity index is 1400. The molecule has 0 atom stereocenters. The van der Waals surface area contributed by atoms with E-state index in [4.69, 9.17) is 9.63 Å². The summed E-state index contributed by atoms with van der Waals surface area (Å²) in [5, 5.41) is 13.7. The molecule has 1 N–H and O–H groups in total. The topological polar surface area (TPSA) is 105 Å². The number of rotatable bonds is 6. The van der Waals surface area contributed by atoms with Crippen LogP contribution in [0.1, 0.15) is 54.2 Å². The molecule has 1 aliphatic rings. The van der Waals surface area contributed by atoms with E-state index in [1.165, 1.54) is 30.6 Å². The Morgan fingerprint density at radius 3 is 2.69 bits per heavy atom. The van der Waals surface area contributed by atoms with Gasteiger partial charge >= 0.3 is 5.97 Å². The number of carboxylic acid groups (broad SMARTS) is 1. The first-order valence-corrected chi connectivity index (χ1v) is 11.5. The van der Waals surface area contributed by atoms with Gasteiger partial charge in [-0.2, -0.15) is 4.98 Å². The number of hydrogen-bond donors (Lipinski definition) is 1. The highest BCUT2D eigenvalue weighted by atomic mass is 19.1. The van der Waals surface area contributed by atoms with Gasteiger partial charge in [-0.1, -0.05) is 18.1 Å². The number of benzene rings is 2. The fourth-order valence-corrected chi connectivity index (χ4v) is 4.54. The van der Waals surface area contributed by atoms with Crippen LogP contribution in [0.25, 0.3) is 22.0 Å². The maximum Gasteiger partial charge on any atom is 0.338 e. The summed E-state index contributed by atoms with van der Waals surface area (Å²) in [6.07, 6.45) is 4.70. The molecular weight excluding hydrogens is 456 g/mol. The molecule has 1 saturated heterocycles. The smallest absolute Gasteiger partial charge is 0.338 e. The van der Waals surface area contributed by atoms with Gasteiger partial charge in [-0.3, -0.25) is 0 Å². The fraction of sp³-hybridized carbons (Fsp3) is 0.320. The Balaban J connectivity index is 1.45. The number of anilines is 1. The van der Waals surface area contributed by atoms with E-state index in [2.05, 4.69) is 31.9 Å². The molecule has 0 unspecified atom stereocenters. The van der Waals surface area contributed by atoms with Gasteiger partial charge in [-0.25, -0.2) is 23.5 Å². The minimum absolute atomic E-state index is 0.153. The second-order valence-corrected chi connectivity index (χ2v) is 8.61. The van der Waals surface area contributed by atoms with E-state index in [-0.39, 0.29) is 5.92 Å². The first kappa shape index (κ1) is 22.8. The summed E-state index contributed by atoms with van der Waals surface area (Å²) in [6.45, 7) is 3.39. The Hall–Kier alpha value is -3.95. The highest BCUT2D eigenvalue weighted by molar-refractivity contribution is 6.00. The van der Waals surface area contributed by atoms with Crippen LogP contribution >= 0.6 is 0 Å². The molecule has 180 valence electrons. The molecular formula is C25H23F2N5O3. The number of hydrogen-bond acceptors (Lipinski definition) is 7. The van der Waals surface area contributed by atoms with Gasteiger partial charge in [0.05, 0.1) is 11.1 Å². The summed E-state index contributed by atoms with van der Waals surface area (Å²) in [5.74, 6) is -0.659. The molecule has 3 heterocycles. The number of aromatic nitrogens is 4. The summed E-state index contributed by atoms with van der Waals surface area (Å²) < 4.78 is 34.5. The van der Waals surface area contributed by atoms with Gasteiger partial charge in [0.15, 0.2) is 5.82 Å². The van der Waals surface area contributed by atoms with Crippen LogP contribution in [0.5, 0.6) is 0 Å². The third kappa shape index (κ3) is 4.43. The Morgan fingerprint density at radius 1 is 1.17 bits per heavy atom. The molecule has 5 rings (SSSR count). The average Bonchev–Trinajstić information content (AvgIpc) is 3.32. The van der Waals surface area contributed by atoms with Crippen molar-refractivity contribution >= 4 is 22.7 Å². The van der Waals surface area contributed by atoms with Crippen molar-refractivity contribution in [2.45, 2.75) is 38.5 Å². The van der Waals surface area contributed by atoms with Crippen molar-refractivity contribution in [1.29, 1.82) is 0 Å². The first-order chi connectivity index (χ1) is 16.9. The molecule has 2 aromatic carbocycles. The van der Waals surface area contributed by atoms with Crippen molar-refractivity contribution in [3.05, 3.63) is 65.6 Å². The van der Waals surface area contributed by atoms with E-state index < -0.39 is 23.2 Å². The largest absolute Gasteiger partial charge is 0.478 e. The molecule has 0 aliphatic carbocycles. The van der Waals surface area contributed by atoms with E-state index >= 15 is 0 Å². The maximum atomic E-state index is 14.7. The molecule has 2 aromatic heterocycles. The van der Waals surface area contributed by atoms with Crippen LogP contribution in [0.2, 0.25) is 0 Å². The van der Waals surface area contributed by atoms with Gasteiger partial charge in [-0.05, 0) is 49.1 Å². The lowest BCUT2D eigenvalue weighted by Gasteiger charge is -2.32. The van der Waals surface area contributed by atoms with Crippen molar-refractivity contribution in [2.24, 2.45) is 0 Å². The van der Waals surface area contributed by atoms with Crippen LogP contribution in [-0.2, 0) is 6.42 Å². The number of aromatic carboxylic acids is 1. The monoisotopic (exact) mass is 479 g/mol. The third-order valence-electron chi connectivity index (χ3n) is 6.29. The predicted octanol–water partition coefficient (Wildman–Crippen LogP) is 4.99. The number of piperidine rings is 1. The average molecular weight is 479 g/mol. The van der Waals surface area contributed by atoms with Crippen LogP contribution in [0, 0.1) is 11.6 Å². The lowest BCUT2D eigenvalue weighted by atomic mass is 9.96. The number of aryl methyl sites for hydroxylation is 1. The number of nitrogens with zero attached hydrogens (tertiary/aromatic N) is 5. The zero-order valence-electron chi connectivity index (χ0n) is 19.0. The fourth-order valence-electron chi connectivity index (χ4n) is 4.54. The first-order valence-electron chi connectivity index (χ1n) is 11.5. The Morgan fingerprint density at radius 2 is 1.97 bits per heavy atom. The summed E-state index contributed by atoms with van der Waals surface area (Å²) >= 11 is 0. The van der Waals surface area contributed by atoms with Gasteiger partial charge < -0.3 is 14.5 Å². The van der Waals surface area contributed by atoms with Crippen molar-refractivity contribution < 1.29 is 23.2 Å². The second kappa shape index (κ2) is 9.36. The maximum absolute atomic E-state index is 14.7. The molecule has 1 fully saturated rings. The van der Waals surface area contributed by atoms with Crippen LogP contribution in [-0.4, -0.2) is 44.3 Å². The van der Waals surface area contributed by atoms with Gasteiger partial charge in [-0.15, -0.1) is 0 Å². The van der Waals surface area contributed by atoms with Crippen LogP contribution < -0.4 is 4.90 Å². The zero-order valence-corrected chi connectivity index (χ0v) is 19.0. The SMILES string of the molecule is CCCc1noc(C2CCN(c3ncnc4c(-c5ccc(C(=O)O)c(F)c5)cc(F)cc34)CC2)n1. The minimum atomic E-state index is -1.37. The quantitative estimate of drug-likeness (QED) is 0.412. The van der Waals surface area contributed by atoms with Crippen LogP contribution in [0.15, 0.2) is 41.2 Å². The van der Waals surface area contributed by atoms with Crippen molar-refractivity contribution in [3.8, 4) is 11.1 Å². The lowest BCUT2D eigenvalue weighted by molar-refractivity contribution is 0.0692. The van der Waals surface area contributed by atoms with Gasteiger partial charge in [0.25, 0.3) is 0 Å². The molecule has 4 aromatic rings. The summed E-state index contributed by atoms with van der Waals surface area (Å²) in [6, 6.07) is 6.34. The van der Waals surface area contributed by atoms with Crippen LogP contribution in [0.4, 0.5) is 14.6 Å². The van der Waals surface area contributed by atoms with Gasteiger partial charge in [0.2, 0.25) is 5.89 Å². The van der Waals surface area contributed by atoms with E-state index in [0.29, 0.717) is 46.8 Å². The summed E-state index contributed by atoms with van der Waals surface area (Å²) in [7, 11) is 0. The van der Waals surface area contributed by atoms with Crippen LogP contribution in [0.3, 0.4) is 0 Å². The second-order valence-electron chi connectivity index (χ2n) is 8.61. The standard InChI is InChI=1S/C25H23F2N5O3/c1-2-3-21-30-24(35-31-21)14-6-8-32(9-7-14)23-19-12-16(26)11-18(22(19)28-13-29-23)15-4-5-17(25(33)34)20(27)10-15/h4-5,10-14H,2-3,6-9H2,1H3,(H,33,34). The molecule has 0 amide bonds. The van der Waals surface area contributed by atoms with Crippen molar-refractivity contribution in [1.82, 2.24) is 20.1 Å². The zero-order chi connectivity index (χ0) is 24.5. The highest BCUT2D eigenvalue weighted by Gasteiger charge is 2.27. The Labute approximate surface area is 199 Å². The van der Waals surface area contributed by atoms with Crippen molar-refractivity contribution in [3.63, 3.8) is 0 Å².